The van der Waals surface area contributed by atoms with E-state index in [4.69, 9.17) is 4.74 Å². The highest BCUT2D eigenvalue weighted by Crippen LogP contribution is 2.28. The zero-order valence-corrected chi connectivity index (χ0v) is 14.2. The minimum absolute atomic E-state index is 0.0307. The highest BCUT2D eigenvalue weighted by molar-refractivity contribution is 5.92. The number of carbonyl (C=O) groups is 1. The average molecular weight is 349 g/mol. The third kappa shape index (κ3) is 3.56. The van der Waals surface area contributed by atoms with Crippen LogP contribution in [0.2, 0.25) is 0 Å². The molecular formula is C19H19N5O2. The van der Waals surface area contributed by atoms with E-state index in [0.29, 0.717) is 18.1 Å². The SMILES string of the molecule is O=C(c1ccn[nH]1)N1CCC[C@@H](c2cncc(Oc3ccccc3)n2)C1. The molecule has 4 rings (SSSR count). The normalized spacial score (nSPS) is 17.1. The van der Waals surface area contributed by atoms with Gasteiger partial charge in [-0.25, -0.2) is 4.98 Å². The predicted molar refractivity (Wildman–Crippen MR) is 95.0 cm³/mol. The molecule has 1 amide bonds. The quantitative estimate of drug-likeness (QED) is 0.783. The van der Waals surface area contributed by atoms with Crippen LogP contribution in [0.1, 0.15) is 34.9 Å². The zero-order chi connectivity index (χ0) is 17.8. The summed E-state index contributed by atoms with van der Waals surface area (Å²) in [6, 6.07) is 11.2. The first-order chi connectivity index (χ1) is 12.8. The van der Waals surface area contributed by atoms with Crippen molar-refractivity contribution in [2.24, 2.45) is 0 Å². The largest absolute Gasteiger partial charge is 0.437 e. The Bertz CT molecular complexity index is 867. The van der Waals surface area contributed by atoms with Gasteiger partial charge < -0.3 is 9.64 Å². The van der Waals surface area contributed by atoms with Gasteiger partial charge in [-0.15, -0.1) is 0 Å². The number of likely N-dealkylation sites (tertiary alicyclic amines) is 1. The Morgan fingerprint density at radius 2 is 2.08 bits per heavy atom. The van der Waals surface area contributed by atoms with E-state index < -0.39 is 0 Å². The molecule has 26 heavy (non-hydrogen) atoms. The third-order valence-corrected chi connectivity index (χ3v) is 4.45. The van der Waals surface area contributed by atoms with Crippen LogP contribution in [0.4, 0.5) is 0 Å². The van der Waals surface area contributed by atoms with E-state index >= 15 is 0 Å². The van der Waals surface area contributed by atoms with Crippen molar-refractivity contribution < 1.29 is 9.53 Å². The van der Waals surface area contributed by atoms with Gasteiger partial charge in [-0.3, -0.25) is 14.9 Å². The number of carbonyl (C=O) groups excluding carboxylic acids is 1. The number of H-pyrrole nitrogens is 1. The maximum atomic E-state index is 12.5. The highest BCUT2D eigenvalue weighted by atomic mass is 16.5. The first-order valence-corrected chi connectivity index (χ1v) is 8.63. The lowest BCUT2D eigenvalue weighted by atomic mass is 9.95. The number of nitrogens with one attached hydrogen (secondary N) is 1. The molecule has 1 N–H and O–H groups in total. The number of hydrogen-bond donors (Lipinski definition) is 1. The topological polar surface area (TPSA) is 84.0 Å². The molecule has 1 aromatic carbocycles. The molecule has 3 aromatic rings. The summed E-state index contributed by atoms with van der Waals surface area (Å²) in [7, 11) is 0. The Morgan fingerprint density at radius 1 is 1.19 bits per heavy atom. The average Bonchev–Trinajstić information content (AvgIpc) is 3.23. The number of piperidine rings is 1. The van der Waals surface area contributed by atoms with Crippen LogP contribution < -0.4 is 4.74 Å². The van der Waals surface area contributed by atoms with Crippen LogP contribution in [-0.2, 0) is 0 Å². The number of rotatable bonds is 4. The van der Waals surface area contributed by atoms with Gasteiger partial charge in [-0.2, -0.15) is 5.10 Å². The molecule has 0 spiro atoms. The molecule has 0 radical (unpaired) electrons. The number of amides is 1. The summed E-state index contributed by atoms with van der Waals surface area (Å²) >= 11 is 0. The summed E-state index contributed by atoms with van der Waals surface area (Å²) in [5.74, 6) is 1.30. The molecule has 1 atom stereocenters. The maximum absolute atomic E-state index is 12.5. The molecule has 1 saturated heterocycles. The number of ether oxygens (including phenoxy) is 1. The molecular weight excluding hydrogens is 330 g/mol. The molecule has 7 nitrogen and oxygen atoms in total. The van der Waals surface area contributed by atoms with E-state index in [1.807, 2.05) is 35.2 Å². The molecule has 2 aromatic heterocycles. The van der Waals surface area contributed by atoms with Crippen LogP contribution in [-0.4, -0.2) is 44.1 Å². The van der Waals surface area contributed by atoms with Crippen LogP contribution in [0.15, 0.2) is 55.0 Å². The maximum Gasteiger partial charge on any atom is 0.271 e. The lowest BCUT2D eigenvalue weighted by molar-refractivity contribution is 0.0699. The summed E-state index contributed by atoms with van der Waals surface area (Å²) in [5.41, 5.74) is 1.36. The van der Waals surface area contributed by atoms with E-state index in [2.05, 4.69) is 20.2 Å². The van der Waals surface area contributed by atoms with Crippen molar-refractivity contribution in [1.29, 1.82) is 0 Å². The van der Waals surface area contributed by atoms with E-state index in [1.54, 1.807) is 24.7 Å². The van der Waals surface area contributed by atoms with Gasteiger partial charge in [-0.1, -0.05) is 18.2 Å². The first-order valence-electron chi connectivity index (χ1n) is 8.63. The number of para-hydroxylation sites is 1. The summed E-state index contributed by atoms with van der Waals surface area (Å²) in [6.45, 7) is 1.35. The van der Waals surface area contributed by atoms with Crippen molar-refractivity contribution in [3.63, 3.8) is 0 Å². The van der Waals surface area contributed by atoms with Gasteiger partial charge in [0, 0.05) is 31.4 Å². The highest BCUT2D eigenvalue weighted by Gasteiger charge is 2.27. The summed E-state index contributed by atoms with van der Waals surface area (Å²) < 4.78 is 5.78. The van der Waals surface area contributed by atoms with Gasteiger partial charge >= 0.3 is 0 Å². The first kappa shape index (κ1) is 16.3. The van der Waals surface area contributed by atoms with Crippen molar-refractivity contribution in [2.45, 2.75) is 18.8 Å². The van der Waals surface area contributed by atoms with Crippen LogP contribution in [0, 0.1) is 0 Å². The number of aromatic amines is 1. The molecule has 7 heteroatoms. The van der Waals surface area contributed by atoms with Gasteiger partial charge in [-0.05, 0) is 31.0 Å². The Balaban J connectivity index is 1.48. The zero-order valence-electron chi connectivity index (χ0n) is 14.2. The number of hydrogen-bond acceptors (Lipinski definition) is 5. The van der Waals surface area contributed by atoms with Gasteiger partial charge in [0.2, 0.25) is 5.88 Å². The fourth-order valence-electron chi connectivity index (χ4n) is 3.17. The molecule has 0 saturated carbocycles. The minimum Gasteiger partial charge on any atom is -0.437 e. The summed E-state index contributed by atoms with van der Waals surface area (Å²) in [6.07, 6.45) is 6.84. The van der Waals surface area contributed by atoms with Crippen LogP contribution in [0.3, 0.4) is 0 Å². The molecule has 1 aliphatic rings. The lowest BCUT2D eigenvalue weighted by Crippen LogP contribution is -2.39. The van der Waals surface area contributed by atoms with Gasteiger partial charge in [0.05, 0.1) is 11.9 Å². The Kier molecular flexibility index (Phi) is 4.59. The van der Waals surface area contributed by atoms with Crippen molar-refractivity contribution in [1.82, 2.24) is 25.1 Å². The van der Waals surface area contributed by atoms with E-state index in [9.17, 15) is 4.79 Å². The van der Waals surface area contributed by atoms with E-state index in [1.165, 1.54) is 0 Å². The second-order valence-corrected chi connectivity index (χ2v) is 6.26. The second-order valence-electron chi connectivity index (χ2n) is 6.26. The smallest absolute Gasteiger partial charge is 0.271 e. The predicted octanol–water partition coefficient (Wildman–Crippen LogP) is 3.01. The Labute approximate surface area is 151 Å². The molecule has 3 heterocycles. The van der Waals surface area contributed by atoms with Crippen molar-refractivity contribution in [3.8, 4) is 11.6 Å². The van der Waals surface area contributed by atoms with Gasteiger partial charge in [0.1, 0.15) is 11.4 Å². The molecule has 0 aliphatic carbocycles. The molecule has 1 fully saturated rings. The van der Waals surface area contributed by atoms with E-state index in [-0.39, 0.29) is 11.8 Å². The van der Waals surface area contributed by atoms with Crippen LogP contribution >= 0.6 is 0 Å². The number of nitrogens with zero attached hydrogens (tertiary/aromatic N) is 4. The molecule has 0 bridgehead atoms. The molecule has 1 aliphatic heterocycles. The fraction of sp³-hybridized carbons (Fsp3) is 0.263. The van der Waals surface area contributed by atoms with Crippen LogP contribution in [0.25, 0.3) is 0 Å². The number of aromatic nitrogens is 4. The summed E-state index contributed by atoms with van der Waals surface area (Å²) in [4.78, 5) is 23.3. The Hall–Kier alpha value is -3.22. The minimum atomic E-state index is -0.0307. The van der Waals surface area contributed by atoms with Gasteiger partial charge in [0.15, 0.2) is 0 Å². The Morgan fingerprint density at radius 3 is 2.88 bits per heavy atom. The van der Waals surface area contributed by atoms with E-state index in [0.717, 1.165) is 30.8 Å². The molecule has 0 unspecified atom stereocenters. The van der Waals surface area contributed by atoms with Crippen molar-refractivity contribution in [3.05, 3.63) is 66.4 Å². The standard InChI is InChI=1S/C19H19N5O2/c25-19(16-8-9-21-23-16)24-10-4-5-14(13-24)17-11-20-12-18(22-17)26-15-6-2-1-3-7-15/h1-3,6-9,11-12,14H,4-5,10,13H2,(H,21,23)/t14-/m1/s1. The summed E-state index contributed by atoms with van der Waals surface area (Å²) in [5, 5.41) is 6.59. The van der Waals surface area contributed by atoms with Gasteiger partial charge in [0.25, 0.3) is 5.91 Å². The lowest BCUT2D eigenvalue weighted by Gasteiger charge is -2.32. The van der Waals surface area contributed by atoms with Crippen molar-refractivity contribution in [2.75, 3.05) is 13.1 Å². The van der Waals surface area contributed by atoms with Crippen LogP contribution in [0.5, 0.6) is 11.6 Å². The molecule has 132 valence electrons. The second kappa shape index (κ2) is 7.35. The third-order valence-electron chi connectivity index (χ3n) is 4.45. The number of benzene rings is 1. The monoisotopic (exact) mass is 349 g/mol. The van der Waals surface area contributed by atoms with Crippen molar-refractivity contribution >= 4 is 5.91 Å². The fourth-order valence-corrected chi connectivity index (χ4v) is 3.17.